The van der Waals surface area contributed by atoms with Crippen molar-refractivity contribution < 1.29 is 27.5 Å². The molecular weight excluding hydrogens is 385 g/mol. The van der Waals surface area contributed by atoms with Crippen molar-refractivity contribution in [3.63, 3.8) is 0 Å². The van der Waals surface area contributed by atoms with Crippen molar-refractivity contribution in [1.29, 1.82) is 0 Å². The first-order chi connectivity index (χ1) is 13.7. The van der Waals surface area contributed by atoms with E-state index in [9.17, 15) is 22.8 Å². The molecule has 0 aromatic heterocycles. The lowest BCUT2D eigenvalue weighted by molar-refractivity contribution is -0.137. The molecule has 0 atom stereocenters. The van der Waals surface area contributed by atoms with E-state index in [-0.39, 0.29) is 19.1 Å². The molecule has 2 N–H and O–H groups in total. The van der Waals surface area contributed by atoms with Gasteiger partial charge in [0.15, 0.2) is 0 Å². The highest BCUT2D eigenvalue weighted by Crippen LogP contribution is 2.51. The number of hydrogen-bond acceptors (Lipinski definition) is 3. The first-order valence-corrected chi connectivity index (χ1v) is 9.16. The number of urea groups is 1. The van der Waals surface area contributed by atoms with E-state index in [4.69, 9.17) is 4.74 Å². The topological polar surface area (TPSA) is 67.4 Å². The number of rotatable bonds is 5. The Hall–Kier alpha value is -2.87. The van der Waals surface area contributed by atoms with E-state index in [1.165, 1.54) is 6.07 Å². The van der Waals surface area contributed by atoms with E-state index in [1.54, 1.807) is 6.07 Å². The number of carbonyl (C=O) groups excluding carboxylic acids is 2. The third kappa shape index (κ3) is 3.60. The van der Waals surface area contributed by atoms with E-state index >= 15 is 0 Å². The Bertz CT molecular complexity index is 938. The summed E-state index contributed by atoms with van der Waals surface area (Å²) in [5.74, 6) is -0.355. The van der Waals surface area contributed by atoms with Crippen LogP contribution in [-0.2, 0) is 27.7 Å². The number of halogens is 3. The second-order valence-electron chi connectivity index (χ2n) is 7.68. The monoisotopic (exact) mass is 404 g/mol. The van der Waals surface area contributed by atoms with Crippen LogP contribution in [0.1, 0.15) is 29.5 Å². The van der Waals surface area contributed by atoms with Crippen molar-refractivity contribution in [2.75, 3.05) is 6.61 Å². The molecule has 2 aromatic carbocycles. The summed E-state index contributed by atoms with van der Waals surface area (Å²) in [6.45, 7) is 0.238. The Morgan fingerprint density at radius 1 is 1.00 bits per heavy atom. The van der Waals surface area contributed by atoms with Crippen LogP contribution in [0, 0.1) is 0 Å². The van der Waals surface area contributed by atoms with Crippen LogP contribution in [0.2, 0.25) is 0 Å². The Morgan fingerprint density at radius 3 is 2.34 bits per heavy atom. The van der Waals surface area contributed by atoms with Crippen molar-refractivity contribution in [3.8, 4) is 0 Å². The number of carbonyl (C=O) groups is 2. The predicted octanol–water partition coefficient (Wildman–Crippen LogP) is 3.53. The standard InChI is InChI=1S/C21H19F3N2O3/c22-21(23,24)16-8-4-5-14(9-16)10-29-13-19(15-6-2-1-3-7-15)11-20(12-19)17(27)25-18(28)26-20/h1-9H,10-13H2,(H2,25,26,27,28)/t19-,20+. The zero-order chi connectivity index (χ0) is 20.7. The predicted molar refractivity (Wildman–Crippen MR) is 97.9 cm³/mol. The molecule has 1 aliphatic heterocycles. The quantitative estimate of drug-likeness (QED) is 0.750. The molecule has 1 saturated heterocycles. The molecule has 4 rings (SSSR count). The van der Waals surface area contributed by atoms with Crippen LogP contribution in [0.3, 0.4) is 0 Å². The molecule has 0 bridgehead atoms. The molecule has 2 fully saturated rings. The molecule has 2 aliphatic rings. The molecule has 2 aromatic rings. The largest absolute Gasteiger partial charge is 0.416 e. The average Bonchev–Trinajstić information content (AvgIpc) is 2.95. The van der Waals surface area contributed by atoms with E-state index in [2.05, 4.69) is 10.6 Å². The minimum Gasteiger partial charge on any atom is -0.376 e. The Morgan fingerprint density at radius 2 is 1.72 bits per heavy atom. The number of alkyl halides is 3. The van der Waals surface area contributed by atoms with Gasteiger partial charge in [-0.3, -0.25) is 10.1 Å². The van der Waals surface area contributed by atoms with Gasteiger partial charge in [-0.05, 0) is 36.1 Å². The lowest BCUT2D eigenvalue weighted by Gasteiger charge is -2.52. The zero-order valence-corrected chi connectivity index (χ0v) is 15.4. The van der Waals surface area contributed by atoms with Crippen LogP contribution >= 0.6 is 0 Å². The van der Waals surface area contributed by atoms with Gasteiger partial charge in [-0.2, -0.15) is 13.2 Å². The van der Waals surface area contributed by atoms with E-state index in [1.807, 2.05) is 30.3 Å². The summed E-state index contributed by atoms with van der Waals surface area (Å²) < 4.78 is 44.5. The molecule has 152 valence electrons. The number of imide groups is 1. The number of hydrogen-bond donors (Lipinski definition) is 2. The molecular formula is C21H19F3N2O3. The molecule has 8 heteroatoms. The molecule has 1 aliphatic carbocycles. The van der Waals surface area contributed by atoms with Gasteiger partial charge in [-0.15, -0.1) is 0 Å². The normalized spacial score (nSPS) is 26.2. The fourth-order valence-corrected chi connectivity index (χ4v) is 4.26. The third-order valence-electron chi connectivity index (χ3n) is 5.58. The minimum absolute atomic E-state index is 0.0179. The van der Waals surface area contributed by atoms with Crippen LogP contribution < -0.4 is 10.6 Å². The van der Waals surface area contributed by atoms with Crippen LogP contribution in [0.5, 0.6) is 0 Å². The zero-order valence-electron chi connectivity index (χ0n) is 15.4. The van der Waals surface area contributed by atoms with Crippen molar-refractivity contribution in [3.05, 3.63) is 71.3 Å². The lowest BCUT2D eigenvalue weighted by Crippen LogP contribution is -2.65. The Balaban J connectivity index is 1.49. The van der Waals surface area contributed by atoms with Crippen LogP contribution in [-0.4, -0.2) is 24.1 Å². The maximum atomic E-state index is 12.9. The van der Waals surface area contributed by atoms with Gasteiger partial charge < -0.3 is 10.1 Å². The van der Waals surface area contributed by atoms with Crippen molar-refractivity contribution >= 4 is 11.9 Å². The number of nitrogens with one attached hydrogen (secondary N) is 2. The first kappa shape index (κ1) is 19.4. The van der Waals surface area contributed by atoms with E-state index < -0.39 is 28.7 Å². The molecule has 29 heavy (non-hydrogen) atoms. The van der Waals surface area contributed by atoms with Crippen LogP contribution in [0.15, 0.2) is 54.6 Å². The van der Waals surface area contributed by atoms with Crippen molar-refractivity contribution in [1.82, 2.24) is 10.6 Å². The summed E-state index contributed by atoms with van der Waals surface area (Å²) in [6, 6.07) is 14.0. The molecule has 5 nitrogen and oxygen atoms in total. The average molecular weight is 404 g/mol. The number of ether oxygens (including phenoxy) is 1. The number of benzene rings is 2. The highest BCUT2D eigenvalue weighted by molar-refractivity contribution is 6.08. The second kappa shape index (κ2) is 6.88. The smallest absolute Gasteiger partial charge is 0.376 e. The molecule has 1 heterocycles. The summed E-state index contributed by atoms with van der Waals surface area (Å²) in [4.78, 5) is 23.7. The third-order valence-corrected chi connectivity index (χ3v) is 5.58. The van der Waals surface area contributed by atoms with E-state index in [0.29, 0.717) is 18.4 Å². The first-order valence-electron chi connectivity index (χ1n) is 9.16. The van der Waals surface area contributed by atoms with Crippen molar-refractivity contribution in [2.24, 2.45) is 0 Å². The van der Waals surface area contributed by atoms with Gasteiger partial charge in [-0.1, -0.05) is 42.5 Å². The minimum atomic E-state index is -4.41. The fraction of sp³-hybridized carbons (Fsp3) is 0.333. The fourth-order valence-electron chi connectivity index (χ4n) is 4.26. The van der Waals surface area contributed by atoms with Gasteiger partial charge in [-0.25, -0.2) is 4.79 Å². The SMILES string of the molecule is O=C1NC(=O)[C@]2(C[C@](COCc3cccc(C(F)(F)F)c3)(c3ccccc3)C2)N1. The summed E-state index contributed by atoms with van der Waals surface area (Å²) in [5.41, 5.74) is -0.790. The molecule has 1 saturated carbocycles. The van der Waals surface area contributed by atoms with Gasteiger partial charge in [0.1, 0.15) is 5.54 Å². The molecule has 0 unspecified atom stereocenters. The van der Waals surface area contributed by atoms with Crippen LogP contribution in [0.25, 0.3) is 0 Å². The Labute approximate surface area is 165 Å². The lowest BCUT2D eigenvalue weighted by atomic mass is 9.54. The van der Waals surface area contributed by atoms with E-state index in [0.717, 1.165) is 17.7 Å². The summed E-state index contributed by atoms with van der Waals surface area (Å²) >= 11 is 0. The van der Waals surface area contributed by atoms with Crippen molar-refractivity contribution in [2.45, 2.75) is 36.6 Å². The number of amides is 3. The molecule has 1 spiro atoms. The second-order valence-corrected chi connectivity index (χ2v) is 7.68. The highest BCUT2D eigenvalue weighted by Gasteiger charge is 2.63. The van der Waals surface area contributed by atoms with Gasteiger partial charge in [0.05, 0.1) is 18.8 Å². The van der Waals surface area contributed by atoms with Gasteiger partial charge in [0.25, 0.3) is 5.91 Å². The maximum absolute atomic E-state index is 12.9. The van der Waals surface area contributed by atoms with Gasteiger partial charge in [0.2, 0.25) is 0 Å². The summed E-state index contributed by atoms with van der Waals surface area (Å²) in [5, 5.41) is 4.96. The van der Waals surface area contributed by atoms with Gasteiger partial charge >= 0.3 is 12.2 Å². The molecule has 0 radical (unpaired) electrons. The molecule has 3 amide bonds. The van der Waals surface area contributed by atoms with Gasteiger partial charge in [0, 0.05) is 5.41 Å². The Kier molecular flexibility index (Phi) is 4.61. The maximum Gasteiger partial charge on any atom is 0.416 e. The van der Waals surface area contributed by atoms with Crippen LogP contribution in [0.4, 0.5) is 18.0 Å². The highest BCUT2D eigenvalue weighted by atomic mass is 19.4. The summed E-state index contributed by atoms with van der Waals surface area (Å²) in [7, 11) is 0. The summed E-state index contributed by atoms with van der Waals surface area (Å²) in [6.07, 6.45) is -3.68.